The number of carbonyl (C=O) groups is 2. The second-order valence-corrected chi connectivity index (χ2v) is 5.69. The summed E-state index contributed by atoms with van der Waals surface area (Å²) < 4.78 is 21.3. The smallest absolute Gasteiger partial charge is 0.344 e. The fourth-order valence-electron chi connectivity index (χ4n) is 2.58. The zero-order valence-corrected chi connectivity index (χ0v) is 15.2. The molecule has 3 rings (SSSR count). The molecule has 0 spiro atoms. The molecule has 0 fully saturated rings. The number of carbonyl (C=O) groups excluding carboxylic acids is 2. The monoisotopic (exact) mass is 368 g/mol. The van der Waals surface area contributed by atoms with Crippen molar-refractivity contribution >= 4 is 17.8 Å². The molecule has 0 radical (unpaired) electrons. The van der Waals surface area contributed by atoms with E-state index in [1.54, 1.807) is 31.2 Å². The van der Waals surface area contributed by atoms with Crippen LogP contribution in [0.1, 0.15) is 29.8 Å². The molecule has 0 aromatic heterocycles. The van der Waals surface area contributed by atoms with Crippen LogP contribution in [0.25, 0.3) is 6.08 Å². The molecule has 27 heavy (non-hydrogen) atoms. The van der Waals surface area contributed by atoms with Crippen molar-refractivity contribution in [2.45, 2.75) is 13.8 Å². The Morgan fingerprint density at radius 2 is 1.74 bits per heavy atom. The second-order valence-electron chi connectivity index (χ2n) is 5.69. The summed E-state index contributed by atoms with van der Waals surface area (Å²) in [6.45, 7) is 4.34. The fourth-order valence-corrected chi connectivity index (χ4v) is 2.58. The van der Waals surface area contributed by atoms with Gasteiger partial charge in [0, 0.05) is 6.07 Å². The molecule has 1 aliphatic rings. The number of allylic oxidation sites excluding steroid dienone is 1. The average Bonchev–Trinajstić information content (AvgIpc) is 2.97. The van der Waals surface area contributed by atoms with Gasteiger partial charge in [-0.25, -0.2) is 4.79 Å². The number of benzene rings is 2. The summed E-state index contributed by atoms with van der Waals surface area (Å²) in [5.74, 6) is 1.18. The van der Waals surface area contributed by atoms with Gasteiger partial charge < -0.3 is 18.9 Å². The summed E-state index contributed by atoms with van der Waals surface area (Å²) in [7, 11) is 0. The molecule has 6 nitrogen and oxygen atoms in total. The Balaban J connectivity index is 1.71. The van der Waals surface area contributed by atoms with Gasteiger partial charge in [0.2, 0.25) is 5.78 Å². The predicted octanol–water partition coefficient (Wildman–Crippen LogP) is 3.64. The van der Waals surface area contributed by atoms with E-state index in [9.17, 15) is 9.59 Å². The van der Waals surface area contributed by atoms with Crippen molar-refractivity contribution in [1.82, 2.24) is 0 Å². The van der Waals surface area contributed by atoms with E-state index in [-0.39, 0.29) is 18.1 Å². The molecular weight excluding hydrogens is 348 g/mol. The van der Waals surface area contributed by atoms with Crippen LogP contribution in [-0.4, -0.2) is 31.6 Å². The highest BCUT2D eigenvalue weighted by molar-refractivity contribution is 6.14. The third-order valence-electron chi connectivity index (χ3n) is 3.79. The summed E-state index contributed by atoms with van der Waals surface area (Å²) in [4.78, 5) is 23.9. The van der Waals surface area contributed by atoms with Crippen LogP contribution in [0.4, 0.5) is 0 Å². The van der Waals surface area contributed by atoms with Crippen LogP contribution in [0.5, 0.6) is 17.2 Å². The standard InChI is InChI=1S/C21H20O6/c1-3-24-15-7-5-14(6-8-15)11-19-21(23)17-10-9-16(12-18(17)27-19)26-13-20(22)25-4-2/h5-12H,3-4,13H2,1-2H3. The van der Waals surface area contributed by atoms with Crippen LogP contribution in [0.3, 0.4) is 0 Å². The lowest BCUT2D eigenvalue weighted by Crippen LogP contribution is -2.14. The summed E-state index contributed by atoms with van der Waals surface area (Å²) in [6.07, 6.45) is 1.68. The number of hydrogen-bond donors (Lipinski definition) is 0. The van der Waals surface area contributed by atoms with E-state index in [1.165, 1.54) is 0 Å². The summed E-state index contributed by atoms with van der Waals surface area (Å²) in [5.41, 5.74) is 1.28. The first kappa shape index (κ1) is 18.5. The van der Waals surface area contributed by atoms with Crippen molar-refractivity contribution in [3.8, 4) is 17.2 Å². The third-order valence-corrected chi connectivity index (χ3v) is 3.79. The summed E-state index contributed by atoms with van der Waals surface area (Å²) >= 11 is 0. The molecule has 0 amide bonds. The highest BCUT2D eigenvalue weighted by Crippen LogP contribution is 2.35. The number of fused-ring (bicyclic) bond motifs is 1. The van der Waals surface area contributed by atoms with Crippen molar-refractivity contribution in [2.75, 3.05) is 19.8 Å². The van der Waals surface area contributed by atoms with E-state index < -0.39 is 5.97 Å². The Hall–Kier alpha value is -3.28. The topological polar surface area (TPSA) is 71.1 Å². The van der Waals surface area contributed by atoms with E-state index >= 15 is 0 Å². The lowest BCUT2D eigenvalue weighted by molar-refractivity contribution is -0.145. The lowest BCUT2D eigenvalue weighted by atomic mass is 10.1. The number of esters is 1. The first-order valence-electron chi connectivity index (χ1n) is 8.70. The van der Waals surface area contributed by atoms with Gasteiger partial charge in [-0.05, 0) is 49.8 Å². The van der Waals surface area contributed by atoms with Crippen molar-refractivity contribution in [1.29, 1.82) is 0 Å². The number of ether oxygens (including phenoxy) is 4. The average molecular weight is 368 g/mol. The zero-order valence-electron chi connectivity index (χ0n) is 15.2. The zero-order chi connectivity index (χ0) is 19.2. The van der Waals surface area contributed by atoms with Crippen LogP contribution in [0.15, 0.2) is 48.2 Å². The summed E-state index contributed by atoms with van der Waals surface area (Å²) in [5, 5.41) is 0. The maximum absolute atomic E-state index is 12.5. The molecule has 1 heterocycles. The maximum Gasteiger partial charge on any atom is 0.344 e. The molecule has 140 valence electrons. The molecule has 0 saturated heterocycles. The molecular formula is C21H20O6. The van der Waals surface area contributed by atoms with Crippen LogP contribution in [0.2, 0.25) is 0 Å². The minimum Gasteiger partial charge on any atom is -0.494 e. The predicted molar refractivity (Wildman–Crippen MR) is 99.1 cm³/mol. The van der Waals surface area contributed by atoms with Crippen LogP contribution < -0.4 is 14.2 Å². The number of Topliss-reactive ketones (excluding diaryl/α,β-unsaturated/α-hetero) is 1. The molecule has 6 heteroatoms. The number of ketones is 1. The van der Waals surface area contributed by atoms with Gasteiger partial charge >= 0.3 is 5.97 Å². The molecule has 0 N–H and O–H groups in total. The van der Waals surface area contributed by atoms with E-state index in [1.807, 2.05) is 31.2 Å². The molecule has 0 bridgehead atoms. The highest BCUT2D eigenvalue weighted by atomic mass is 16.6. The normalized spacial score (nSPS) is 13.9. The molecule has 2 aromatic rings. The van der Waals surface area contributed by atoms with Crippen molar-refractivity contribution < 1.29 is 28.5 Å². The third kappa shape index (κ3) is 4.47. The Morgan fingerprint density at radius 1 is 1.00 bits per heavy atom. The largest absolute Gasteiger partial charge is 0.494 e. The van der Waals surface area contributed by atoms with Gasteiger partial charge in [0.05, 0.1) is 18.8 Å². The van der Waals surface area contributed by atoms with Crippen molar-refractivity contribution in [3.63, 3.8) is 0 Å². The van der Waals surface area contributed by atoms with Gasteiger partial charge in [-0.3, -0.25) is 4.79 Å². The molecule has 1 aliphatic heterocycles. The van der Waals surface area contributed by atoms with Crippen LogP contribution >= 0.6 is 0 Å². The lowest BCUT2D eigenvalue weighted by Gasteiger charge is -2.06. The van der Waals surface area contributed by atoms with E-state index in [0.29, 0.717) is 30.3 Å². The number of hydrogen-bond acceptors (Lipinski definition) is 6. The molecule has 0 atom stereocenters. The Bertz CT molecular complexity index is 867. The van der Waals surface area contributed by atoms with Gasteiger partial charge in [0.1, 0.15) is 17.2 Å². The van der Waals surface area contributed by atoms with Gasteiger partial charge in [-0.15, -0.1) is 0 Å². The second kappa shape index (κ2) is 8.40. The number of rotatable bonds is 7. The van der Waals surface area contributed by atoms with Crippen LogP contribution in [-0.2, 0) is 9.53 Å². The van der Waals surface area contributed by atoms with Crippen LogP contribution in [0, 0.1) is 0 Å². The Kier molecular flexibility index (Phi) is 5.76. The van der Waals surface area contributed by atoms with Gasteiger partial charge in [-0.1, -0.05) is 12.1 Å². The van der Waals surface area contributed by atoms with Gasteiger partial charge in [0.15, 0.2) is 12.4 Å². The molecule has 2 aromatic carbocycles. The Labute approximate surface area is 157 Å². The van der Waals surface area contributed by atoms with Crippen molar-refractivity contribution in [3.05, 3.63) is 59.4 Å². The minimum absolute atomic E-state index is 0.198. The minimum atomic E-state index is -0.453. The molecule has 0 unspecified atom stereocenters. The van der Waals surface area contributed by atoms with E-state index in [2.05, 4.69) is 0 Å². The first-order chi connectivity index (χ1) is 13.1. The maximum atomic E-state index is 12.5. The van der Waals surface area contributed by atoms with Crippen molar-refractivity contribution in [2.24, 2.45) is 0 Å². The molecule has 0 saturated carbocycles. The quantitative estimate of drug-likeness (QED) is 0.549. The highest BCUT2D eigenvalue weighted by Gasteiger charge is 2.27. The van der Waals surface area contributed by atoms with E-state index in [4.69, 9.17) is 18.9 Å². The summed E-state index contributed by atoms with van der Waals surface area (Å²) in [6, 6.07) is 12.2. The fraction of sp³-hybridized carbons (Fsp3) is 0.238. The first-order valence-corrected chi connectivity index (χ1v) is 8.70. The molecule has 0 aliphatic carbocycles. The van der Waals surface area contributed by atoms with Gasteiger partial charge in [-0.2, -0.15) is 0 Å². The van der Waals surface area contributed by atoms with Gasteiger partial charge in [0.25, 0.3) is 0 Å². The van der Waals surface area contributed by atoms with E-state index in [0.717, 1.165) is 11.3 Å². The Morgan fingerprint density at radius 3 is 2.44 bits per heavy atom. The SMILES string of the molecule is CCOC(=O)COc1ccc2c(c1)OC(=Cc1ccc(OCC)cc1)C2=O.